The van der Waals surface area contributed by atoms with E-state index in [1.165, 1.54) is 12.6 Å². The zero-order valence-electron chi connectivity index (χ0n) is 9.58. The minimum absolute atomic E-state index is 0.0475. The maximum Gasteiger partial charge on any atom is 0.221 e. The fraction of sp³-hybridized carbons (Fsp3) is 0.333. The van der Waals surface area contributed by atoms with Crippen molar-refractivity contribution < 1.29 is 4.79 Å². The Morgan fingerprint density at radius 1 is 1.33 bits per heavy atom. The first-order valence-corrected chi connectivity index (χ1v) is 4.96. The first-order valence-electron chi connectivity index (χ1n) is 4.96. The van der Waals surface area contributed by atoms with Gasteiger partial charge in [-0.25, -0.2) is 0 Å². The fourth-order valence-corrected chi connectivity index (χ4v) is 1.28. The molecule has 81 valence electrons. The average Bonchev–Trinajstić information content (AvgIpc) is 2.18. The van der Waals surface area contributed by atoms with Crippen LogP contribution in [0.1, 0.15) is 6.92 Å². The Balaban J connectivity index is 2.85. The van der Waals surface area contributed by atoms with Crippen molar-refractivity contribution in [1.29, 1.82) is 0 Å². The standard InChI is InChI=1S/C12H17N2O/c1-5-14(3,4)12-8-6-11(7-9-12)13-10(2)15/h6-9H,1,5H2,2-4H3/p+1. The lowest BCUT2D eigenvalue weighted by molar-refractivity contribution is -0.114. The summed E-state index contributed by atoms with van der Waals surface area (Å²) in [5, 5.41) is 2.74. The Morgan fingerprint density at radius 3 is 2.27 bits per heavy atom. The summed E-state index contributed by atoms with van der Waals surface area (Å²) in [5.41, 5.74) is 2.01. The fourth-order valence-electron chi connectivity index (χ4n) is 1.28. The monoisotopic (exact) mass is 206 g/mol. The minimum atomic E-state index is -0.0475. The van der Waals surface area contributed by atoms with E-state index in [0.717, 1.165) is 16.7 Å². The molecule has 1 aromatic carbocycles. The van der Waals surface area contributed by atoms with Gasteiger partial charge < -0.3 is 5.32 Å². The van der Waals surface area contributed by atoms with Gasteiger partial charge in [-0.3, -0.25) is 9.28 Å². The largest absolute Gasteiger partial charge is 0.326 e. The highest BCUT2D eigenvalue weighted by Crippen LogP contribution is 2.20. The molecule has 0 saturated carbocycles. The van der Waals surface area contributed by atoms with E-state index in [9.17, 15) is 4.79 Å². The molecule has 0 bridgehead atoms. The first kappa shape index (κ1) is 11.7. The summed E-state index contributed by atoms with van der Waals surface area (Å²) >= 11 is 0. The zero-order chi connectivity index (χ0) is 11.5. The van der Waals surface area contributed by atoms with Gasteiger partial charge in [0.1, 0.15) is 5.69 Å². The predicted octanol–water partition coefficient (Wildman–Crippen LogP) is 2.05. The zero-order valence-corrected chi connectivity index (χ0v) is 9.58. The molecule has 1 radical (unpaired) electrons. The molecule has 3 nitrogen and oxygen atoms in total. The third-order valence-corrected chi connectivity index (χ3v) is 2.45. The first-order chi connectivity index (χ1) is 6.95. The van der Waals surface area contributed by atoms with Crippen molar-refractivity contribution in [2.75, 3.05) is 26.0 Å². The van der Waals surface area contributed by atoms with Crippen LogP contribution in [0.15, 0.2) is 24.3 Å². The van der Waals surface area contributed by atoms with E-state index in [1.807, 2.05) is 24.3 Å². The summed E-state index contributed by atoms with van der Waals surface area (Å²) in [6.07, 6.45) is 0. The van der Waals surface area contributed by atoms with E-state index in [1.54, 1.807) is 0 Å². The molecular formula is C12H18N2O+. The van der Waals surface area contributed by atoms with Gasteiger partial charge >= 0.3 is 0 Å². The second kappa shape index (κ2) is 4.45. The number of nitrogens with one attached hydrogen (secondary N) is 1. The van der Waals surface area contributed by atoms with Crippen LogP contribution in [0.4, 0.5) is 11.4 Å². The van der Waals surface area contributed by atoms with Crippen LogP contribution in [-0.4, -0.2) is 26.5 Å². The molecule has 0 spiro atoms. The number of quaternary nitrogens is 1. The molecule has 0 aromatic heterocycles. The maximum absolute atomic E-state index is 10.8. The van der Waals surface area contributed by atoms with E-state index < -0.39 is 0 Å². The smallest absolute Gasteiger partial charge is 0.221 e. The molecule has 0 unspecified atom stereocenters. The van der Waals surface area contributed by atoms with Crippen LogP contribution < -0.4 is 9.80 Å². The normalized spacial score (nSPS) is 11.2. The maximum atomic E-state index is 10.8. The number of carbonyl (C=O) groups excluding carboxylic acids is 1. The summed E-state index contributed by atoms with van der Waals surface area (Å²) in [6.45, 7) is 6.20. The highest BCUT2D eigenvalue weighted by molar-refractivity contribution is 5.88. The SMILES string of the molecule is [CH2]C[N+](C)(C)c1ccc(NC(C)=O)cc1. The summed E-state index contributed by atoms with van der Waals surface area (Å²) < 4.78 is 0.736. The molecule has 1 aromatic rings. The van der Waals surface area contributed by atoms with Crippen molar-refractivity contribution in [3.63, 3.8) is 0 Å². The van der Waals surface area contributed by atoms with Crippen LogP contribution in [-0.2, 0) is 4.79 Å². The number of amides is 1. The van der Waals surface area contributed by atoms with E-state index in [0.29, 0.717) is 0 Å². The van der Waals surface area contributed by atoms with Crippen molar-refractivity contribution in [3.8, 4) is 0 Å². The van der Waals surface area contributed by atoms with Gasteiger partial charge in [-0.2, -0.15) is 0 Å². The number of carbonyl (C=O) groups is 1. The van der Waals surface area contributed by atoms with Crippen LogP contribution in [0.25, 0.3) is 0 Å². The van der Waals surface area contributed by atoms with E-state index in [4.69, 9.17) is 0 Å². The lowest BCUT2D eigenvalue weighted by Gasteiger charge is -2.27. The lowest BCUT2D eigenvalue weighted by Crippen LogP contribution is -2.39. The van der Waals surface area contributed by atoms with Crippen LogP contribution in [0, 0.1) is 6.92 Å². The van der Waals surface area contributed by atoms with Crippen molar-refractivity contribution in [3.05, 3.63) is 31.2 Å². The lowest BCUT2D eigenvalue weighted by atomic mass is 10.2. The third kappa shape index (κ3) is 3.06. The van der Waals surface area contributed by atoms with Crippen LogP contribution in [0.5, 0.6) is 0 Å². The third-order valence-electron chi connectivity index (χ3n) is 2.45. The van der Waals surface area contributed by atoms with Gasteiger partial charge in [0, 0.05) is 31.7 Å². The Labute approximate surface area is 91.3 Å². The van der Waals surface area contributed by atoms with Gasteiger partial charge in [0.25, 0.3) is 0 Å². The number of benzene rings is 1. The van der Waals surface area contributed by atoms with Crippen molar-refractivity contribution in [2.45, 2.75) is 6.92 Å². The highest BCUT2D eigenvalue weighted by Gasteiger charge is 2.15. The van der Waals surface area contributed by atoms with E-state index >= 15 is 0 Å². The van der Waals surface area contributed by atoms with Crippen molar-refractivity contribution >= 4 is 17.3 Å². The van der Waals surface area contributed by atoms with Gasteiger partial charge in [0.2, 0.25) is 5.91 Å². The number of nitrogens with zero attached hydrogens (tertiary/aromatic N) is 1. The van der Waals surface area contributed by atoms with Gasteiger partial charge in [-0.1, -0.05) is 0 Å². The number of rotatable bonds is 3. The molecule has 0 saturated heterocycles. The second-order valence-electron chi connectivity index (χ2n) is 4.14. The Hall–Kier alpha value is -1.35. The van der Waals surface area contributed by atoms with Crippen LogP contribution in [0.3, 0.4) is 0 Å². The summed E-state index contributed by atoms with van der Waals surface area (Å²) in [5.74, 6) is -0.0475. The van der Waals surface area contributed by atoms with Gasteiger partial charge in [-0.15, -0.1) is 0 Å². The predicted molar refractivity (Wildman–Crippen MR) is 64.6 cm³/mol. The summed E-state index contributed by atoms with van der Waals surface area (Å²) in [7, 11) is 4.20. The van der Waals surface area contributed by atoms with Gasteiger partial charge in [0.15, 0.2) is 0 Å². The summed E-state index contributed by atoms with van der Waals surface area (Å²) in [4.78, 5) is 10.8. The number of hydrogen-bond donors (Lipinski definition) is 1. The average molecular weight is 206 g/mol. The van der Waals surface area contributed by atoms with Gasteiger partial charge in [0.05, 0.1) is 20.6 Å². The Morgan fingerprint density at radius 2 is 1.87 bits per heavy atom. The number of anilines is 1. The molecule has 0 atom stereocenters. The molecule has 0 heterocycles. The molecule has 1 amide bonds. The van der Waals surface area contributed by atoms with Crippen molar-refractivity contribution in [2.24, 2.45) is 0 Å². The van der Waals surface area contributed by atoms with Crippen LogP contribution >= 0.6 is 0 Å². The molecular weight excluding hydrogens is 188 g/mol. The second-order valence-corrected chi connectivity index (χ2v) is 4.14. The molecule has 3 heteroatoms. The molecule has 1 N–H and O–H groups in total. The molecule has 0 aliphatic heterocycles. The molecule has 15 heavy (non-hydrogen) atoms. The highest BCUT2D eigenvalue weighted by atomic mass is 16.1. The van der Waals surface area contributed by atoms with E-state index in [2.05, 4.69) is 26.3 Å². The molecule has 0 aliphatic rings. The summed E-state index contributed by atoms with van der Waals surface area (Å²) in [6, 6.07) is 7.84. The Kier molecular flexibility index (Phi) is 3.48. The van der Waals surface area contributed by atoms with Crippen LogP contribution in [0.2, 0.25) is 0 Å². The quantitative estimate of drug-likeness (QED) is 0.753. The molecule has 1 rings (SSSR count). The van der Waals surface area contributed by atoms with Crippen molar-refractivity contribution in [1.82, 2.24) is 4.48 Å². The van der Waals surface area contributed by atoms with Gasteiger partial charge in [-0.05, 0) is 12.1 Å². The topological polar surface area (TPSA) is 29.1 Å². The minimum Gasteiger partial charge on any atom is -0.326 e. The molecule has 0 aliphatic carbocycles. The van der Waals surface area contributed by atoms with E-state index in [-0.39, 0.29) is 5.91 Å². The number of hydrogen-bond acceptors (Lipinski definition) is 1. The Bertz CT molecular complexity index is 341. The molecule has 0 fully saturated rings.